The van der Waals surface area contributed by atoms with Gasteiger partial charge in [0.25, 0.3) is 0 Å². The topological polar surface area (TPSA) is 55.1 Å². The van der Waals surface area contributed by atoms with Gasteiger partial charge in [0.15, 0.2) is 0 Å². The predicted octanol–water partition coefficient (Wildman–Crippen LogP) is 1.89. The Morgan fingerprint density at radius 1 is 1.21 bits per heavy atom. The second kappa shape index (κ2) is 6.10. The number of hydrogen-bond donors (Lipinski definition) is 2. The van der Waals surface area contributed by atoms with Gasteiger partial charge in [-0.1, -0.05) is 6.07 Å². The Bertz CT molecular complexity index is 437. The molecular weight excluding hydrogens is 250 g/mol. The maximum Gasteiger partial charge on any atom is 0.224 e. The molecule has 1 saturated carbocycles. The Kier molecular flexibility index (Phi) is 4.47. The number of rotatable bonds is 3. The Morgan fingerprint density at radius 3 is 2.37 bits per heavy atom. The first-order chi connectivity index (χ1) is 9.06. The summed E-state index contributed by atoms with van der Waals surface area (Å²) in [5, 5.41) is 2.81. The molecule has 0 atom stereocenters. The van der Waals surface area contributed by atoms with Crippen LogP contribution in [-0.4, -0.2) is 18.0 Å². The van der Waals surface area contributed by atoms with Crippen molar-refractivity contribution in [3.8, 4) is 0 Å². The monoisotopic (exact) mass is 268 g/mol. The highest BCUT2D eigenvalue weighted by molar-refractivity contribution is 5.79. The van der Waals surface area contributed by atoms with Crippen LogP contribution in [0.15, 0.2) is 18.2 Å². The van der Waals surface area contributed by atoms with E-state index < -0.39 is 11.6 Å². The van der Waals surface area contributed by atoms with Crippen molar-refractivity contribution in [2.45, 2.75) is 44.2 Å². The van der Waals surface area contributed by atoms with E-state index in [1.165, 1.54) is 6.07 Å². The normalized spacial score (nSPS) is 23.1. The molecule has 1 aliphatic rings. The number of benzene rings is 1. The van der Waals surface area contributed by atoms with Gasteiger partial charge in [0, 0.05) is 17.6 Å². The number of halogens is 2. The van der Waals surface area contributed by atoms with E-state index in [0.717, 1.165) is 37.8 Å². The molecule has 1 aromatic carbocycles. The fourth-order valence-electron chi connectivity index (χ4n) is 2.40. The van der Waals surface area contributed by atoms with E-state index >= 15 is 0 Å². The van der Waals surface area contributed by atoms with Crippen molar-refractivity contribution in [1.29, 1.82) is 0 Å². The van der Waals surface area contributed by atoms with Crippen molar-refractivity contribution in [3.05, 3.63) is 35.4 Å². The number of carbonyl (C=O) groups is 1. The first-order valence-corrected chi connectivity index (χ1v) is 6.54. The highest BCUT2D eigenvalue weighted by Gasteiger charge is 2.21. The summed E-state index contributed by atoms with van der Waals surface area (Å²) < 4.78 is 26.8. The van der Waals surface area contributed by atoms with Crippen LogP contribution in [0, 0.1) is 11.6 Å². The van der Waals surface area contributed by atoms with Crippen LogP contribution >= 0.6 is 0 Å². The van der Waals surface area contributed by atoms with E-state index in [2.05, 4.69) is 5.32 Å². The van der Waals surface area contributed by atoms with Crippen LogP contribution in [-0.2, 0) is 11.2 Å². The fraction of sp³-hybridized carbons (Fsp3) is 0.500. The molecule has 3 nitrogen and oxygen atoms in total. The molecule has 0 saturated heterocycles. The summed E-state index contributed by atoms with van der Waals surface area (Å²) in [6.07, 6.45) is 3.14. The lowest BCUT2D eigenvalue weighted by Gasteiger charge is -2.26. The van der Waals surface area contributed by atoms with Crippen LogP contribution < -0.4 is 11.1 Å². The second-order valence-corrected chi connectivity index (χ2v) is 5.06. The lowest BCUT2D eigenvalue weighted by molar-refractivity contribution is -0.121. The largest absolute Gasteiger partial charge is 0.353 e. The van der Waals surface area contributed by atoms with Crippen molar-refractivity contribution in [2.75, 3.05) is 0 Å². The molecule has 19 heavy (non-hydrogen) atoms. The van der Waals surface area contributed by atoms with Crippen molar-refractivity contribution in [3.63, 3.8) is 0 Å². The first kappa shape index (κ1) is 13.9. The van der Waals surface area contributed by atoms with E-state index in [4.69, 9.17) is 5.73 Å². The molecule has 1 aromatic rings. The van der Waals surface area contributed by atoms with Crippen LogP contribution in [0.1, 0.15) is 31.2 Å². The third kappa shape index (κ3) is 3.73. The molecule has 0 heterocycles. The SMILES string of the molecule is NC1CCC(NC(=O)Cc2c(F)cccc2F)CC1. The maximum atomic E-state index is 13.4. The van der Waals surface area contributed by atoms with E-state index in [9.17, 15) is 13.6 Å². The van der Waals surface area contributed by atoms with Gasteiger partial charge in [-0.15, -0.1) is 0 Å². The molecule has 2 rings (SSSR count). The zero-order chi connectivity index (χ0) is 13.8. The predicted molar refractivity (Wildman–Crippen MR) is 68.4 cm³/mol. The number of amides is 1. The highest BCUT2D eigenvalue weighted by atomic mass is 19.1. The van der Waals surface area contributed by atoms with Gasteiger partial charge in [-0.25, -0.2) is 8.78 Å². The average Bonchev–Trinajstić information content (AvgIpc) is 2.37. The van der Waals surface area contributed by atoms with E-state index in [-0.39, 0.29) is 30.0 Å². The smallest absolute Gasteiger partial charge is 0.224 e. The van der Waals surface area contributed by atoms with Crippen LogP contribution in [0.25, 0.3) is 0 Å². The van der Waals surface area contributed by atoms with Gasteiger partial charge in [-0.2, -0.15) is 0 Å². The summed E-state index contributed by atoms with van der Waals surface area (Å²) >= 11 is 0. The molecular formula is C14H18F2N2O. The van der Waals surface area contributed by atoms with Crippen LogP contribution in [0.4, 0.5) is 8.78 Å². The Morgan fingerprint density at radius 2 is 1.79 bits per heavy atom. The second-order valence-electron chi connectivity index (χ2n) is 5.06. The van der Waals surface area contributed by atoms with Gasteiger partial charge in [0.05, 0.1) is 6.42 Å². The summed E-state index contributed by atoms with van der Waals surface area (Å²) in [7, 11) is 0. The molecule has 3 N–H and O–H groups in total. The molecule has 0 radical (unpaired) electrons. The van der Waals surface area contributed by atoms with E-state index in [1.54, 1.807) is 0 Å². The molecule has 5 heteroatoms. The lowest BCUT2D eigenvalue weighted by atomic mass is 9.91. The third-order valence-electron chi connectivity index (χ3n) is 3.54. The number of carbonyl (C=O) groups excluding carboxylic acids is 1. The molecule has 0 spiro atoms. The molecule has 104 valence electrons. The minimum atomic E-state index is -0.680. The zero-order valence-corrected chi connectivity index (χ0v) is 10.7. The molecule has 0 aliphatic heterocycles. The summed E-state index contributed by atoms with van der Waals surface area (Å²) in [6, 6.07) is 3.88. The summed E-state index contributed by atoms with van der Waals surface area (Å²) in [5.41, 5.74) is 5.61. The van der Waals surface area contributed by atoms with Gasteiger partial charge >= 0.3 is 0 Å². The molecule has 0 unspecified atom stereocenters. The Labute approximate surface area is 111 Å². The van der Waals surface area contributed by atoms with Crippen molar-refractivity contribution in [1.82, 2.24) is 5.32 Å². The summed E-state index contributed by atoms with van der Waals surface area (Å²) in [6.45, 7) is 0. The quantitative estimate of drug-likeness (QED) is 0.879. The average molecular weight is 268 g/mol. The van der Waals surface area contributed by atoms with E-state index in [1.807, 2.05) is 0 Å². The molecule has 1 aliphatic carbocycles. The van der Waals surface area contributed by atoms with Crippen molar-refractivity contribution < 1.29 is 13.6 Å². The lowest BCUT2D eigenvalue weighted by Crippen LogP contribution is -2.41. The first-order valence-electron chi connectivity index (χ1n) is 6.54. The van der Waals surface area contributed by atoms with Gasteiger partial charge in [-0.05, 0) is 37.8 Å². The van der Waals surface area contributed by atoms with Crippen molar-refractivity contribution in [2.24, 2.45) is 5.73 Å². The minimum absolute atomic E-state index is 0.0714. The zero-order valence-electron chi connectivity index (χ0n) is 10.7. The standard InChI is InChI=1S/C14H18F2N2O/c15-12-2-1-3-13(16)11(12)8-14(19)18-10-6-4-9(17)5-7-10/h1-3,9-10H,4-8,17H2,(H,18,19). The molecule has 0 bridgehead atoms. The number of nitrogens with two attached hydrogens (primary N) is 1. The van der Waals surface area contributed by atoms with E-state index in [0.29, 0.717) is 0 Å². The summed E-state index contributed by atoms with van der Waals surface area (Å²) in [4.78, 5) is 11.8. The maximum absolute atomic E-state index is 13.4. The number of nitrogens with one attached hydrogen (secondary N) is 1. The van der Waals surface area contributed by atoms with Crippen molar-refractivity contribution >= 4 is 5.91 Å². The van der Waals surface area contributed by atoms with Crippen LogP contribution in [0.2, 0.25) is 0 Å². The minimum Gasteiger partial charge on any atom is -0.353 e. The molecule has 0 aromatic heterocycles. The summed E-state index contributed by atoms with van der Waals surface area (Å²) in [5.74, 6) is -1.70. The highest BCUT2D eigenvalue weighted by Crippen LogP contribution is 2.18. The van der Waals surface area contributed by atoms with Crippen LogP contribution in [0.3, 0.4) is 0 Å². The third-order valence-corrected chi connectivity index (χ3v) is 3.54. The Hall–Kier alpha value is -1.49. The van der Waals surface area contributed by atoms with Crippen LogP contribution in [0.5, 0.6) is 0 Å². The Balaban J connectivity index is 1.91. The number of hydrogen-bond acceptors (Lipinski definition) is 2. The van der Waals surface area contributed by atoms with Gasteiger partial charge in [-0.3, -0.25) is 4.79 Å². The molecule has 1 fully saturated rings. The van der Waals surface area contributed by atoms with Gasteiger partial charge < -0.3 is 11.1 Å². The fourth-order valence-corrected chi connectivity index (χ4v) is 2.40. The molecule has 1 amide bonds. The van der Waals surface area contributed by atoms with Gasteiger partial charge in [0.1, 0.15) is 11.6 Å². The van der Waals surface area contributed by atoms with Gasteiger partial charge in [0.2, 0.25) is 5.91 Å².